The number of likely N-dealkylation sites (tertiary alicyclic amines) is 1. The van der Waals surface area contributed by atoms with Gasteiger partial charge in [0.25, 0.3) is 0 Å². The molecule has 1 saturated carbocycles. The molecule has 2 atom stereocenters. The van der Waals surface area contributed by atoms with Crippen molar-refractivity contribution in [3.05, 3.63) is 11.6 Å². The van der Waals surface area contributed by atoms with Gasteiger partial charge in [0.1, 0.15) is 0 Å². The minimum Gasteiger partial charge on any atom is -0.303 e. The summed E-state index contributed by atoms with van der Waals surface area (Å²) in [6.07, 6.45) is 4.11. The Kier molecular flexibility index (Phi) is 2.37. The summed E-state index contributed by atoms with van der Waals surface area (Å²) in [5.74, 6) is 1.69. The van der Waals surface area contributed by atoms with Crippen LogP contribution in [0.2, 0.25) is 0 Å². The smallest absolute Gasteiger partial charge is 0.0911 e. The van der Waals surface area contributed by atoms with Gasteiger partial charge in [0.2, 0.25) is 0 Å². The molecule has 0 bridgehead atoms. The lowest BCUT2D eigenvalue weighted by Gasteiger charge is -2.13. The van der Waals surface area contributed by atoms with E-state index in [1.54, 1.807) is 6.08 Å². The van der Waals surface area contributed by atoms with Gasteiger partial charge < -0.3 is 4.90 Å². The Labute approximate surface area is 79.8 Å². The lowest BCUT2D eigenvalue weighted by molar-refractivity contribution is 0.334. The first-order valence-corrected chi connectivity index (χ1v) is 5.13. The van der Waals surface area contributed by atoms with E-state index in [4.69, 9.17) is 5.26 Å². The van der Waals surface area contributed by atoms with E-state index >= 15 is 0 Å². The molecule has 2 aliphatic rings. The molecule has 1 heterocycles. The molecule has 1 saturated heterocycles. The van der Waals surface area contributed by atoms with E-state index in [1.807, 2.05) is 0 Å². The van der Waals surface area contributed by atoms with Crippen LogP contribution in [0.3, 0.4) is 0 Å². The van der Waals surface area contributed by atoms with Crippen molar-refractivity contribution in [1.82, 2.24) is 4.90 Å². The summed E-state index contributed by atoms with van der Waals surface area (Å²) in [7, 11) is 0. The van der Waals surface area contributed by atoms with E-state index in [0.29, 0.717) is 0 Å². The topological polar surface area (TPSA) is 27.0 Å². The molecule has 2 rings (SSSR count). The Balaban J connectivity index is 1.98. The fraction of sp³-hybridized carbons (Fsp3) is 0.727. The van der Waals surface area contributed by atoms with Crippen LogP contribution < -0.4 is 0 Å². The standard InChI is InChI=1S/C11H16N2/c1-2-13-7-10-5-9(3-4-12)6-11(10)8-13/h3,10-11H,2,5-8H2,1H3. The summed E-state index contributed by atoms with van der Waals surface area (Å²) in [5.41, 5.74) is 1.38. The van der Waals surface area contributed by atoms with E-state index in [9.17, 15) is 0 Å². The van der Waals surface area contributed by atoms with Gasteiger partial charge in [0.05, 0.1) is 6.07 Å². The lowest BCUT2D eigenvalue weighted by atomic mass is 10.0. The Morgan fingerprint density at radius 1 is 1.46 bits per heavy atom. The van der Waals surface area contributed by atoms with Crippen LogP contribution in [-0.2, 0) is 0 Å². The maximum atomic E-state index is 8.55. The van der Waals surface area contributed by atoms with E-state index in [1.165, 1.54) is 38.0 Å². The third-order valence-corrected chi connectivity index (χ3v) is 3.42. The molecule has 1 aliphatic heterocycles. The van der Waals surface area contributed by atoms with Crippen molar-refractivity contribution in [2.75, 3.05) is 19.6 Å². The quantitative estimate of drug-likeness (QED) is 0.570. The van der Waals surface area contributed by atoms with Crippen molar-refractivity contribution in [2.24, 2.45) is 11.8 Å². The summed E-state index contributed by atoms with van der Waals surface area (Å²) in [5, 5.41) is 8.55. The van der Waals surface area contributed by atoms with Crippen molar-refractivity contribution >= 4 is 0 Å². The van der Waals surface area contributed by atoms with Crippen LogP contribution in [0.5, 0.6) is 0 Å². The van der Waals surface area contributed by atoms with Crippen LogP contribution in [0.25, 0.3) is 0 Å². The minimum absolute atomic E-state index is 0.847. The predicted octanol–water partition coefficient (Wildman–Crippen LogP) is 1.80. The highest BCUT2D eigenvalue weighted by Crippen LogP contribution is 2.40. The Bertz CT molecular complexity index is 246. The second-order valence-electron chi connectivity index (χ2n) is 4.21. The summed E-state index contributed by atoms with van der Waals surface area (Å²) in [4.78, 5) is 2.53. The molecule has 0 radical (unpaired) electrons. The number of nitriles is 1. The highest BCUT2D eigenvalue weighted by molar-refractivity contribution is 5.20. The minimum atomic E-state index is 0.847. The SMILES string of the molecule is CCN1CC2CC(=CC#N)CC2C1. The van der Waals surface area contributed by atoms with E-state index in [2.05, 4.69) is 17.9 Å². The molecule has 0 aromatic heterocycles. The van der Waals surface area contributed by atoms with E-state index in [-0.39, 0.29) is 0 Å². The van der Waals surface area contributed by atoms with Crippen LogP contribution >= 0.6 is 0 Å². The molecule has 70 valence electrons. The molecule has 2 fully saturated rings. The first-order chi connectivity index (χ1) is 6.33. The van der Waals surface area contributed by atoms with E-state index < -0.39 is 0 Å². The maximum Gasteiger partial charge on any atom is 0.0911 e. The molecule has 0 N–H and O–H groups in total. The Hall–Kier alpha value is -0.810. The van der Waals surface area contributed by atoms with Crippen molar-refractivity contribution in [3.63, 3.8) is 0 Å². The highest BCUT2D eigenvalue weighted by atomic mass is 15.1. The van der Waals surface area contributed by atoms with Crippen LogP contribution in [0, 0.1) is 23.2 Å². The molecule has 1 aliphatic carbocycles. The Morgan fingerprint density at radius 2 is 2.08 bits per heavy atom. The van der Waals surface area contributed by atoms with Crippen molar-refractivity contribution in [2.45, 2.75) is 19.8 Å². The zero-order chi connectivity index (χ0) is 9.26. The van der Waals surface area contributed by atoms with Gasteiger partial charge in [0, 0.05) is 19.2 Å². The highest BCUT2D eigenvalue weighted by Gasteiger charge is 2.37. The molecule has 2 nitrogen and oxygen atoms in total. The largest absolute Gasteiger partial charge is 0.303 e. The van der Waals surface area contributed by atoms with Gasteiger partial charge >= 0.3 is 0 Å². The van der Waals surface area contributed by atoms with Crippen LogP contribution in [0.1, 0.15) is 19.8 Å². The number of hydrogen-bond acceptors (Lipinski definition) is 2. The first-order valence-electron chi connectivity index (χ1n) is 5.13. The molecule has 2 unspecified atom stereocenters. The summed E-state index contributed by atoms with van der Waals surface area (Å²) >= 11 is 0. The number of allylic oxidation sites excluding steroid dienone is 2. The second kappa shape index (κ2) is 3.51. The predicted molar refractivity (Wildman–Crippen MR) is 52.0 cm³/mol. The fourth-order valence-electron chi connectivity index (χ4n) is 2.72. The first kappa shape index (κ1) is 8.77. The normalized spacial score (nSPS) is 33.1. The molecule has 0 aromatic rings. The fourth-order valence-corrected chi connectivity index (χ4v) is 2.72. The van der Waals surface area contributed by atoms with Crippen molar-refractivity contribution in [3.8, 4) is 6.07 Å². The van der Waals surface area contributed by atoms with Crippen molar-refractivity contribution < 1.29 is 0 Å². The van der Waals surface area contributed by atoms with E-state index in [0.717, 1.165) is 11.8 Å². The van der Waals surface area contributed by atoms with Crippen molar-refractivity contribution in [1.29, 1.82) is 5.26 Å². The van der Waals surface area contributed by atoms with Gasteiger partial charge in [0.15, 0.2) is 0 Å². The van der Waals surface area contributed by atoms with Gasteiger partial charge in [-0.1, -0.05) is 12.5 Å². The number of hydrogen-bond donors (Lipinski definition) is 0. The number of nitrogens with zero attached hydrogens (tertiary/aromatic N) is 2. The molecular formula is C11H16N2. The molecular weight excluding hydrogens is 160 g/mol. The second-order valence-corrected chi connectivity index (χ2v) is 4.21. The van der Waals surface area contributed by atoms with Crippen LogP contribution in [0.15, 0.2) is 11.6 Å². The van der Waals surface area contributed by atoms with Gasteiger partial charge in [-0.05, 0) is 31.2 Å². The molecule has 2 heteroatoms. The monoisotopic (exact) mass is 176 g/mol. The van der Waals surface area contributed by atoms with Gasteiger partial charge in [-0.25, -0.2) is 0 Å². The van der Waals surface area contributed by atoms with Crippen LogP contribution in [-0.4, -0.2) is 24.5 Å². The molecule has 0 amide bonds. The van der Waals surface area contributed by atoms with Gasteiger partial charge in [-0.2, -0.15) is 5.26 Å². The number of fused-ring (bicyclic) bond motifs is 1. The summed E-state index contributed by atoms with van der Waals surface area (Å²) < 4.78 is 0. The number of rotatable bonds is 1. The lowest BCUT2D eigenvalue weighted by Crippen LogP contribution is -2.20. The summed E-state index contributed by atoms with van der Waals surface area (Å²) in [6.45, 7) is 5.92. The zero-order valence-corrected chi connectivity index (χ0v) is 8.16. The van der Waals surface area contributed by atoms with Crippen LogP contribution in [0.4, 0.5) is 0 Å². The molecule has 0 spiro atoms. The zero-order valence-electron chi connectivity index (χ0n) is 8.16. The van der Waals surface area contributed by atoms with Gasteiger partial charge in [-0.15, -0.1) is 0 Å². The average molecular weight is 176 g/mol. The summed E-state index contributed by atoms with van der Waals surface area (Å²) in [6, 6.07) is 2.15. The average Bonchev–Trinajstić information content (AvgIpc) is 2.61. The molecule has 13 heavy (non-hydrogen) atoms. The third kappa shape index (κ3) is 1.62. The van der Waals surface area contributed by atoms with Gasteiger partial charge in [-0.3, -0.25) is 0 Å². The third-order valence-electron chi connectivity index (χ3n) is 3.42. The maximum absolute atomic E-state index is 8.55. The Morgan fingerprint density at radius 3 is 2.54 bits per heavy atom. The molecule has 0 aromatic carbocycles.